The van der Waals surface area contributed by atoms with Gasteiger partial charge in [0.25, 0.3) is 0 Å². The van der Waals surface area contributed by atoms with E-state index in [0.29, 0.717) is 28.5 Å². The van der Waals surface area contributed by atoms with Gasteiger partial charge in [0, 0.05) is 22.7 Å². The Labute approximate surface area is 215 Å². The van der Waals surface area contributed by atoms with Gasteiger partial charge in [-0.1, -0.05) is 35.9 Å². The van der Waals surface area contributed by atoms with Gasteiger partial charge in [0.1, 0.15) is 17.3 Å². The van der Waals surface area contributed by atoms with Gasteiger partial charge in [-0.15, -0.1) is 0 Å². The Kier molecular flexibility index (Phi) is 9.45. The number of benzene rings is 3. The molecule has 0 aromatic heterocycles. The van der Waals surface area contributed by atoms with Gasteiger partial charge < -0.3 is 25.0 Å². The number of hydrogen-bond acceptors (Lipinski definition) is 5. The van der Waals surface area contributed by atoms with Crippen molar-refractivity contribution in [2.75, 3.05) is 13.2 Å². The predicted molar refractivity (Wildman–Crippen MR) is 137 cm³/mol. The molecule has 0 amide bonds. The monoisotopic (exact) mass is 515 g/mol. The Morgan fingerprint density at radius 2 is 1.81 bits per heavy atom. The topological polar surface area (TPSA) is 88.0 Å². The minimum absolute atomic E-state index is 0.0845. The van der Waals surface area contributed by atoms with Crippen molar-refractivity contribution >= 4 is 17.6 Å². The average molecular weight is 516 g/mol. The summed E-state index contributed by atoms with van der Waals surface area (Å²) in [5.41, 5.74) is 1.05. The van der Waals surface area contributed by atoms with Gasteiger partial charge >= 0.3 is 5.97 Å². The van der Waals surface area contributed by atoms with Crippen LogP contribution in [0.3, 0.4) is 0 Å². The lowest BCUT2D eigenvalue weighted by atomic mass is 9.94. The Morgan fingerprint density at radius 1 is 1.11 bits per heavy atom. The number of carbonyl (C=O) groups is 1. The summed E-state index contributed by atoms with van der Waals surface area (Å²) in [4.78, 5) is 11.0. The van der Waals surface area contributed by atoms with Crippen LogP contribution in [0.25, 0.3) is 0 Å². The summed E-state index contributed by atoms with van der Waals surface area (Å²) in [7, 11) is 0. The first-order valence-electron chi connectivity index (χ1n) is 11.6. The number of aromatic carboxylic acids is 1. The van der Waals surface area contributed by atoms with Crippen molar-refractivity contribution in [2.24, 2.45) is 0 Å². The van der Waals surface area contributed by atoms with Crippen molar-refractivity contribution in [2.45, 2.75) is 44.9 Å². The first kappa shape index (κ1) is 27.6. The van der Waals surface area contributed by atoms with Crippen LogP contribution in [0.15, 0.2) is 66.7 Å². The van der Waals surface area contributed by atoms with Crippen LogP contribution in [0.5, 0.6) is 11.5 Å². The quantitative estimate of drug-likeness (QED) is 0.273. The van der Waals surface area contributed by atoms with Crippen molar-refractivity contribution in [1.29, 1.82) is 0 Å². The highest BCUT2D eigenvalue weighted by Crippen LogP contribution is 2.31. The minimum Gasteiger partial charge on any atom is -0.478 e. The lowest BCUT2D eigenvalue weighted by Gasteiger charge is -2.28. The smallest absolute Gasteiger partial charge is 0.335 e. The molecule has 0 spiro atoms. The maximum absolute atomic E-state index is 14.2. The Morgan fingerprint density at radius 3 is 2.47 bits per heavy atom. The van der Waals surface area contributed by atoms with E-state index in [-0.39, 0.29) is 30.6 Å². The molecule has 2 atom stereocenters. The number of carboxylic acid groups (broad SMARTS) is 1. The second kappa shape index (κ2) is 12.3. The van der Waals surface area contributed by atoms with E-state index in [9.17, 15) is 14.3 Å². The molecule has 3 N–H and O–H groups in total. The third-order valence-corrected chi connectivity index (χ3v) is 5.92. The van der Waals surface area contributed by atoms with Crippen LogP contribution in [0.4, 0.5) is 4.39 Å². The normalized spacial score (nSPS) is 13.3. The molecule has 192 valence electrons. The molecule has 6 nitrogen and oxygen atoms in total. The van der Waals surface area contributed by atoms with Gasteiger partial charge in [-0.05, 0) is 75.2 Å². The molecule has 0 heterocycles. The maximum Gasteiger partial charge on any atom is 0.335 e. The molecular formula is C28H31ClFNO5. The molecule has 0 radical (unpaired) electrons. The molecule has 0 bridgehead atoms. The largest absolute Gasteiger partial charge is 0.478 e. The Hall–Kier alpha value is -2.97. The van der Waals surface area contributed by atoms with Gasteiger partial charge in [-0.2, -0.15) is 0 Å². The molecule has 0 aliphatic carbocycles. The van der Waals surface area contributed by atoms with E-state index in [4.69, 9.17) is 26.2 Å². The van der Waals surface area contributed by atoms with Gasteiger partial charge in [0.05, 0.1) is 24.4 Å². The average Bonchev–Trinajstić information content (AvgIpc) is 2.84. The molecule has 0 aliphatic heterocycles. The summed E-state index contributed by atoms with van der Waals surface area (Å²) >= 11 is 5.83. The van der Waals surface area contributed by atoms with Crippen LogP contribution < -0.4 is 10.1 Å². The van der Waals surface area contributed by atoms with Crippen molar-refractivity contribution in [3.63, 3.8) is 0 Å². The zero-order chi connectivity index (χ0) is 26.3. The van der Waals surface area contributed by atoms with Gasteiger partial charge in [-0.3, -0.25) is 0 Å². The zero-order valence-electron chi connectivity index (χ0n) is 20.5. The van der Waals surface area contributed by atoms with E-state index in [1.165, 1.54) is 18.2 Å². The second-order valence-corrected chi connectivity index (χ2v) is 9.71. The summed E-state index contributed by atoms with van der Waals surface area (Å²) in [5.74, 6) is -0.276. The molecule has 3 aromatic carbocycles. The van der Waals surface area contributed by atoms with Crippen LogP contribution >= 0.6 is 11.6 Å². The highest BCUT2D eigenvalue weighted by atomic mass is 35.5. The fraction of sp³-hybridized carbons (Fsp3) is 0.321. The number of para-hydroxylation sites is 1. The molecular weight excluding hydrogens is 485 g/mol. The third-order valence-electron chi connectivity index (χ3n) is 5.69. The molecule has 3 rings (SSSR count). The second-order valence-electron chi connectivity index (χ2n) is 9.28. The molecule has 0 saturated heterocycles. The molecule has 1 unspecified atom stereocenters. The van der Waals surface area contributed by atoms with Gasteiger partial charge in [-0.25, -0.2) is 9.18 Å². The first-order valence-corrected chi connectivity index (χ1v) is 12.0. The Balaban J connectivity index is 1.53. The molecule has 0 aliphatic rings. The van der Waals surface area contributed by atoms with E-state index in [2.05, 4.69) is 5.32 Å². The number of rotatable bonds is 12. The lowest BCUT2D eigenvalue weighted by molar-refractivity contribution is -0.00482. The number of ether oxygens (including phenoxy) is 2. The van der Waals surface area contributed by atoms with E-state index >= 15 is 0 Å². The zero-order valence-corrected chi connectivity index (χ0v) is 21.3. The van der Waals surface area contributed by atoms with Crippen LogP contribution in [0.1, 0.15) is 48.4 Å². The summed E-state index contributed by atoms with van der Waals surface area (Å²) in [6, 6.07) is 18.2. The summed E-state index contributed by atoms with van der Waals surface area (Å²) in [6.07, 6.45) is -0.721. The predicted octanol–water partition coefficient (Wildman–Crippen LogP) is 6.02. The highest BCUT2D eigenvalue weighted by molar-refractivity contribution is 6.30. The van der Waals surface area contributed by atoms with E-state index in [0.717, 1.165) is 5.56 Å². The number of aliphatic hydroxyl groups is 1. The summed E-state index contributed by atoms with van der Waals surface area (Å²) in [6.45, 7) is 6.09. The van der Waals surface area contributed by atoms with Crippen molar-refractivity contribution in [3.8, 4) is 11.5 Å². The highest BCUT2D eigenvalue weighted by Gasteiger charge is 2.22. The third kappa shape index (κ3) is 8.03. The van der Waals surface area contributed by atoms with E-state index in [1.54, 1.807) is 30.3 Å². The minimum atomic E-state index is -1.00. The maximum atomic E-state index is 14.2. The number of halogens is 2. The summed E-state index contributed by atoms with van der Waals surface area (Å²) in [5, 5.41) is 23.2. The molecule has 3 aromatic rings. The van der Waals surface area contributed by atoms with Crippen LogP contribution in [0.2, 0.25) is 5.02 Å². The fourth-order valence-electron chi connectivity index (χ4n) is 3.70. The number of carboxylic acids is 1. The van der Waals surface area contributed by atoms with Crippen LogP contribution in [-0.4, -0.2) is 41.0 Å². The van der Waals surface area contributed by atoms with Gasteiger partial charge in [0.15, 0.2) is 0 Å². The van der Waals surface area contributed by atoms with Crippen molar-refractivity contribution in [1.82, 2.24) is 5.32 Å². The first-order chi connectivity index (χ1) is 17.0. The fourth-order valence-corrected chi connectivity index (χ4v) is 3.86. The van der Waals surface area contributed by atoms with Crippen molar-refractivity contribution < 1.29 is 28.9 Å². The number of hydrogen-bond donors (Lipinski definition) is 3. The number of aliphatic hydroxyl groups excluding tert-OH is 1. The molecule has 8 heteroatoms. The SMILES string of the molecule is CC(OC[C@@H](O)CNC(C)(C)Cc1ccc(Cl)cc1F)c1ccccc1Oc1ccc(C(=O)O)cc1. The van der Waals surface area contributed by atoms with E-state index < -0.39 is 17.6 Å². The number of β-amino-alcohol motifs (C(OH)–C–C–N with tert-alkyl or cyclic N) is 1. The van der Waals surface area contributed by atoms with Gasteiger partial charge in [0.2, 0.25) is 0 Å². The summed E-state index contributed by atoms with van der Waals surface area (Å²) < 4.78 is 26.0. The van der Waals surface area contributed by atoms with Crippen LogP contribution in [-0.2, 0) is 11.2 Å². The molecule has 0 saturated carbocycles. The Bertz CT molecular complexity index is 1170. The van der Waals surface area contributed by atoms with E-state index in [1.807, 2.05) is 39.0 Å². The standard InChI is InChI=1S/C28H31ClFNO5/c1-18(24-6-4-5-7-26(24)36-23-12-9-19(10-13-23)27(33)34)35-17-22(32)16-31-28(2,3)15-20-8-11-21(29)14-25(20)30/h4-14,18,22,31-32H,15-17H2,1-3H3,(H,33,34)/t18?,22-/m0/s1. The number of nitrogens with one attached hydrogen (secondary N) is 1. The van der Waals surface area contributed by atoms with Crippen molar-refractivity contribution in [3.05, 3.63) is 94.3 Å². The van der Waals surface area contributed by atoms with Crippen LogP contribution in [0, 0.1) is 5.82 Å². The molecule has 0 fully saturated rings. The lowest BCUT2D eigenvalue weighted by Crippen LogP contribution is -2.46. The molecule has 36 heavy (non-hydrogen) atoms.